The predicted octanol–water partition coefficient (Wildman–Crippen LogP) is 4.30. The highest BCUT2D eigenvalue weighted by atomic mass is 16.5. The number of ether oxygens (including phenoxy) is 1. The molecule has 1 aromatic carbocycles. The summed E-state index contributed by atoms with van der Waals surface area (Å²) in [6.45, 7) is 6.97. The molecule has 2 rings (SSSR count). The first kappa shape index (κ1) is 21.1. The maximum Gasteiger partial charge on any atom is 0.319 e. The highest BCUT2D eigenvalue weighted by Crippen LogP contribution is 2.30. The molecule has 3 N–H and O–H groups in total. The number of benzene rings is 1. The van der Waals surface area contributed by atoms with Crippen molar-refractivity contribution in [1.29, 1.82) is 0 Å². The molecule has 0 unspecified atom stereocenters. The Morgan fingerprint density at radius 1 is 1.11 bits per heavy atom. The molecule has 0 atom stereocenters. The van der Waals surface area contributed by atoms with Crippen molar-refractivity contribution in [2.45, 2.75) is 52.9 Å². The minimum absolute atomic E-state index is 0.111. The fourth-order valence-corrected chi connectivity index (χ4v) is 3.09. The number of carbonyl (C=O) groups is 2. The van der Waals surface area contributed by atoms with Crippen molar-refractivity contribution < 1.29 is 19.4 Å². The Bertz CT molecular complexity index is 620. The van der Waals surface area contributed by atoms with Gasteiger partial charge in [-0.15, -0.1) is 0 Å². The number of phenolic OH excluding ortho intramolecular Hbond substituents is 1. The smallest absolute Gasteiger partial charge is 0.319 e. The molecule has 0 aromatic heterocycles. The van der Waals surface area contributed by atoms with Crippen LogP contribution in [0.25, 0.3) is 0 Å². The van der Waals surface area contributed by atoms with E-state index in [0.717, 1.165) is 32.1 Å². The van der Waals surface area contributed by atoms with Crippen molar-refractivity contribution in [3.63, 3.8) is 0 Å². The third kappa shape index (κ3) is 6.77. The lowest BCUT2D eigenvalue weighted by atomic mass is 9.82. The van der Waals surface area contributed by atoms with Crippen molar-refractivity contribution >= 4 is 17.7 Å². The second-order valence-electron chi connectivity index (χ2n) is 8.10. The summed E-state index contributed by atoms with van der Waals surface area (Å²) in [4.78, 5) is 24.0. The fourth-order valence-electron chi connectivity index (χ4n) is 3.09. The van der Waals surface area contributed by atoms with Crippen molar-refractivity contribution in [2.24, 2.45) is 17.3 Å². The summed E-state index contributed by atoms with van der Waals surface area (Å²) in [5, 5.41) is 14.9. The van der Waals surface area contributed by atoms with Crippen molar-refractivity contribution in [3.05, 3.63) is 24.3 Å². The van der Waals surface area contributed by atoms with Crippen LogP contribution in [0, 0.1) is 17.3 Å². The van der Waals surface area contributed by atoms with E-state index in [-0.39, 0.29) is 17.7 Å². The van der Waals surface area contributed by atoms with E-state index in [1.54, 1.807) is 12.1 Å². The number of amides is 2. The predicted molar refractivity (Wildman–Crippen MR) is 106 cm³/mol. The lowest BCUT2D eigenvalue weighted by Gasteiger charge is -2.29. The maximum atomic E-state index is 12.1. The summed E-state index contributed by atoms with van der Waals surface area (Å²) < 4.78 is 5.51. The third-order valence-corrected chi connectivity index (χ3v) is 5.53. The topological polar surface area (TPSA) is 87.7 Å². The second kappa shape index (κ2) is 9.62. The number of phenols is 1. The zero-order valence-electron chi connectivity index (χ0n) is 16.6. The lowest BCUT2D eigenvalue weighted by Crippen LogP contribution is -2.35. The van der Waals surface area contributed by atoms with Crippen LogP contribution in [-0.4, -0.2) is 30.3 Å². The number of urea groups is 1. The number of hydrogen-bond acceptors (Lipinski definition) is 4. The molecule has 0 saturated heterocycles. The molecule has 2 amide bonds. The van der Waals surface area contributed by atoms with Gasteiger partial charge in [0.05, 0.1) is 12.0 Å². The van der Waals surface area contributed by atoms with Gasteiger partial charge in [0, 0.05) is 12.2 Å². The van der Waals surface area contributed by atoms with Crippen LogP contribution >= 0.6 is 0 Å². The summed E-state index contributed by atoms with van der Waals surface area (Å²) in [6, 6.07) is 6.14. The molecule has 0 heterocycles. The Hall–Kier alpha value is -2.24. The van der Waals surface area contributed by atoms with Crippen LogP contribution in [0.2, 0.25) is 0 Å². The number of anilines is 1. The molecule has 1 saturated carbocycles. The molecular weight excluding hydrogens is 344 g/mol. The zero-order valence-corrected chi connectivity index (χ0v) is 16.6. The molecule has 0 aliphatic heterocycles. The minimum Gasteiger partial charge on any atom is -0.508 e. The molecule has 150 valence electrons. The number of nitrogens with one attached hydrogen (secondary N) is 2. The highest BCUT2D eigenvalue weighted by Gasteiger charge is 2.29. The van der Waals surface area contributed by atoms with Gasteiger partial charge in [0.2, 0.25) is 0 Å². The molecule has 1 aliphatic rings. The number of aromatic hydroxyl groups is 1. The first-order valence-corrected chi connectivity index (χ1v) is 9.81. The second-order valence-corrected chi connectivity index (χ2v) is 8.10. The zero-order chi connectivity index (χ0) is 19.9. The first-order valence-electron chi connectivity index (χ1n) is 9.81. The van der Waals surface area contributed by atoms with E-state index in [2.05, 4.69) is 10.6 Å². The molecule has 0 radical (unpaired) electrons. The van der Waals surface area contributed by atoms with Gasteiger partial charge in [0.25, 0.3) is 0 Å². The summed E-state index contributed by atoms with van der Waals surface area (Å²) in [7, 11) is 0. The van der Waals surface area contributed by atoms with Crippen LogP contribution in [-0.2, 0) is 9.53 Å². The van der Waals surface area contributed by atoms with Crippen LogP contribution in [0.15, 0.2) is 24.3 Å². The van der Waals surface area contributed by atoms with Gasteiger partial charge in [-0.3, -0.25) is 4.79 Å². The molecule has 1 fully saturated rings. The van der Waals surface area contributed by atoms with E-state index in [4.69, 9.17) is 4.74 Å². The molecule has 6 heteroatoms. The summed E-state index contributed by atoms with van der Waals surface area (Å²) in [5.74, 6) is 0.930. The SMILES string of the molecule is CCC(C)(C)C(=O)OCC1CCC(CNC(=O)Nc2ccc(O)cc2)CC1. The van der Waals surface area contributed by atoms with Crippen molar-refractivity contribution in [1.82, 2.24) is 5.32 Å². The van der Waals surface area contributed by atoms with E-state index in [9.17, 15) is 14.7 Å². The quantitative estimate of drug-likeness (QED) is 0.489. The van der Waals surface area contributed by atoms with Gasteiger partial charge in [-0.25, -0.2) is 4.79 Å². The summed E-state index contributed by atoms with van der Waals surface area (Å²) >= 11 is 0. The lowest BCUT2D eigenvalue weighted by molar-refractivity contribution is -0.156. The van der Waals surface area contributed by atoms with Crippen LogP contribution in [0.3, 0.4) is 0 Å². The monoisotopic (exact) mass is 376 g/mol. The molecule has 6 nitrogen and oxygen atoms in total. The van der Waals surface area contributed by atoms with Crippen LogP contribution in [0.1, 0.15) is 52.9 Å². The molecule has 0 spiro atoms. The molecule has 0 bridgehead atoms. The highest BCUT2D eigenvalue weighted by molar-refractivity contribution is 5.89. The number of hydrogen-bond donors (Lipinski definition) is 3. The Labute approximate surface area is 161 Å². The Balaban J connectivity index is 1.63. The Morgan fingerprint density at radius 3 is 2.30 bits per heavy atom. The van der Waals surface area contributed by atoms with Gasteiger partial charge in [-0.2, -0.15) is 0 Å². The van der Waals surface area contributed by atoms with E-state index in [0.29, 0.717) is 30.7 Å². The number of rotatable bonds is 7. The maximum absolute atomic E-state index is 12.1. The van der Waals surface area contributed by atoms with Gasteiger partial charge >= 0.3 is 12.0 Å². The summed E-state index contributed by atoms with van der Waals surface area (Å²) in [5.41, 5.74) is 0.234. The van der Waals surface area contributed by atoms with Crippen LogP contribution in [0.4, 0.5) is 10.5 Å². The van der Waals surface area contributed by atoms with Gasteiger partial charge < -0.3 is 20.5 Å². The van der Waals surface area contributed by atoms with E-state index >= 15 is 0 Å². The van der Waals surface area contributed by atoms with E-state index in [1.165, 1.54) is 12.1 Å². The minimum atomic E-state index is -0.411. The van der Waals surface area contributed by atoms with Gasteiger partial charge in [-0.05, 0) is 82.1 Å². The average Bonchev–Trinajstić information content (AvgIpc) is 2.67. The van der Waals surface area contributed by atoms with Gasteiger partial charge in [-0.1, -0.05) is 6.92 Å². The van der Waals surface area contributed by atoms with E-state index in [1.807, 2.05) is 20.8 Å². The fraction of sp³-hybridized carbons (Fsp3) is 0.619. The van der Waals surface area contributed by atoms with E-state index < -0.39 is 5.41 Å². The molecule has 1 aromatic rings. The summed E-state index contributed by atoms with van der Waals surface area (Å²) in [6.07, 6.45) is 4.87. The molecule has 1 aliphatic carbocycles. The number of esters is 1. The number of carbonyl (C=O) groups excluding carboxylic acids is 2. The average molecular weight is 376 g/mol. The largest absolute Gasteiger partial charge is 0.508 e. The van der Waals surface area contributed by atoms with Crippen LogP contribution in [0.5, 0.6) is 5.75 Å². The van der Waals surface area contributed by atoms with Crippen LogP contribution < -0.4 is 10.6 Å². The standard InChI is InChI=1S/C21H32N2O4/c1-4-21(2,3)19(25)27-14-16-7-5-15(6-8-16)13-22-20(26)23-17-9-11-18(24)12-10-17/h9-12,15-16,24H,4-8,13-14H2,1-3H3,(H2,22,23,26). The normalized spacial score (nSPS) is 20.0. The van der Waals surface area contributed by atoms with Gasteiger partial charge in [0.15, 0.2) is 0 Å². The van der Waals surface area contributed by atoms with Crippen molar-refractivity contribution in [3.8, 4) is 5.75 Å². The molecular formula is C21H32N2O4. The van der Waals surface area contributed by atoms with Crippen molar-refractivity contribution in [2.75, 3.05) is 18.5 Å². The van der Waals surface area contributed by atoms with Gasteiger partial charge in [0.1, 0.15) is 5.75 Å². The third-order valence-electron chi connectivity index (χ3n) is 5.53. The Kier molecular flexibility index (Phi) is 7.51. The Morgan fingerprint density at radius 2 is 1.70 bits per heavy atom. The first-order chi connectivity index (χ1) is 12.8. The molecule has 27 heavy (non-hydrogen) atoms.